The Labute approximate surface area is 62.4 Å². The second-order valence-electron chi connectivity index (χ2n) is 0.0833. The second kappa shape index (κ2) is 1600. The van der Waals surface area contributed by atoms with Crippen LogP contribution in [-0.4, -0.2) is 6.15 Å². The van der Waals surface area contributed by atoms with Crippen LogP contribution in [0.2, 0.25) is 0 Å². The Morgan fingerprint density at radius 1 is 1.11 bits per heavy atom. The van der Waals surface area contributed by atoms with Crippen molar-refractivity contribution in [2.75, 3.05) is 0 Å². The van der Waals surface area contributed by atoms with Crippen molar-refractivity contribution in [2.24, 2.45) is 0 Å². The van der Waals surface area contributed by atoms with Gasteiger partial charge in [0, 0.05) is 0 Å². The van der Waals surface area contributed by atoms with Gasteiger partial charge < -0.3 is 0 Å². The van der Waals surface area contributed by atoms with E-state index in [1.807, 2.05) is 0 Å². The van der Waals surface area contributed by atoms with Gasteiger partial charge in [0.05, 0.1) is 0 Å². The molecule has 0 saturated heterocycles. The Hall–Kier alpha value is -0.561. The molecule has 0 aromatic carbocycles. The van der Waals surface area contributed by atoms with Crippen LogP contribution in [0.25, 0.3) is 0 Å². The SMILES string of the molecule is C.C.O=C=O.[C-]#[O+].[O]=[Cu]. The fraction of sp³-hybridized carbons (Fsp3) is 0.500. The third-order valence-corrected chi connectivity index (χ3v) is 0. The predicted octanol–water partition coefficient (Wildman–Crippen LogP) is 0.530. The molecule has 0 atom stereocenters. The molecule has 0 aliphatic rings. The van der Waals surface area contributed by atoms with Crippen molar-refractivity contribution in [2.45, 2.75) is 14.9 Å². The molecule has 5 heteroatoms. The van der Waals surface area contributed by atoms with Gasteiger partial charge in [-0.05, 0) is 0 Å². The van der Waals surface area contributed by atoms with Gasteiger partial charge in [0.25, 0.3) is 0 Å². The third-order valence-electron chi connectivity index (χ3n) is 0. The molecule has 0 N–H and O–H groups in total. The summed E-state index contributed by atoms with van der Waals surface area (Å²) >= 11 is 2.94. The minimum absolute atomic E-state index is 0. The van der Waals surface area contributed by atoms with Crippen LogP contribution >= 0.6 is 0 Å². The van der Waals surface area contributed by atoms with Gasteiger partial charge in [0.1, 0.15) is 0 Å². The second-order valence-corrected chi connectivity index (χ2v) is 0.0833. The first-order chi connectivity index (χ1) is 3.41. The molecule has 0 saturated carbocycles. The van der Waals surface area contributed by atoms with Gasteiger partial charge in [-0.1, -0.05) is 14.9 Å². The molecule has 0 radical (unpaired) electrons. The number of rotatable bonds is 0. The molecule has 0 aromatic rings. The van der Waals surface area contributed by atoms with E-state index >= 15 is 0 Å². The molecule has 0 rings (SSSR count). The number of carbonyl (C=O) groups excluding carboxylic acids is 2. The normalized spacial score (nSPS) is 1.78. The Morgan fingerprint density at radius 2 is 1.11 bits per heavy atom. The molecule has 0 bridgehead atoms. The van der Waals surface area contributed by atoms with Gasteiger partial charge in [0.2, 0.25) is 0 Å². The monoisotopic (exact) mass is 183 g/mol. The maximum atomic E-state index is 8.12. The molecule has 0 aliphatic heterocycles. The fourth-order valence-corrected chi connectivity index (χ4v) is 0. The first-order valence-electron chi connectivity index (χ1n) is 0.735. The van der Waals surface area contributed by atoms with Crippen LogP contribution in [-0.2, 0) is 34.0 Å². The average molecular weight is 184 g/mol. The topological polar surface area (TPSA) is 71.1 Å². The van der Waals surface area contributed by atoms with E-state index < -0.39 is 0 Å². The van der Waals surface area contributed by atoms with E-state index in [9.17, 15) is 0 Å². The summed E-state index contributed by atoms with van der Waals surface area (Å²) in [4.78, 5) is 16.2. The molecule has 0 heterocycles. The summed E-state index contributed by atoms with van der Waals surface area (Å²) in [7, 11) is 0. The van der Waals surface area contributed by atoms with E-state index in [-0.39, 0.29) is 21.0 Å². The molecule has 0 fully saturated rings. The zero-order chi connectivity index (χ0) is 6.71. The van der Waals surface area contributed by atoms with Crippen LogP contribution in [0.5, 0.6) is 0 Å². The summed E-state index contributed by atoms with van der Waals surface area (Å²) in [6.07, 6.45) is 0.250. The number of hydrogen-bond acceptors (Lipinski definition) is 3. The Bertz CT molecular complexity index is 64.2. The van der Waals surface area contributed by atoms with E-state index in [0.29, 0.717) is 0 Å². The van der Waals surface area contributed by atoms with Crippen LogP contribution in [0.15, 0.2) is 0 Å². The van der Waals surface area contributed by atoms with E-state index in [4.69, 9.17) is 18.1 Å². The van der Waals surface area contributed by atoms with Crippen LogP contribution < -0.4 is 0 Å². The van der Waals surface area contributed by atoms with E-state index in [1.165, 1.54) is 0 Å². The predicted molar refractivity (Wildman–Crippen MR) is 23.1 cm³/mol. The van der Waals surface area contributed by atoms with Crippen molar-refractivity contribution in [3.8, 4) is 0 Å². The van der Waals surface area contributed by atoms with Gasteiger partial charge in [-0.25, -0.2) is 0 Å². The summed E-state index contributed by atoms with van der Waals surface area (Å²) in [5, 5.41) is 0. The zero-order valence-corrected chi connectivity index (χ0v) is 3.88. The van der Waals surface area contributed by atoms with E-state index in [2.05, 4.69) is 22.6 Å². The minimum atomic E-state index is 0. The molecule has 0 unspecified atom stereocenters. The van der Waals surface area contributed by atoms with Gasteiger partial charge >= 0.3 is 37.2 Å². The quantitative estimate of drug-likeness (QED) is 0.313. The first-order valence-corrected chi connectivity index (χ1v) is 1.12. The molecular formula is C4H8CuO4. The fourth-order valence-electron chi connectivity index (χ4n) is 0. The molecule has 0 aromatic heterocycles. The Balaban J connectivity index is -0.00000000825. The first kappa shape index (κ1) is 39.5. The molecule has 9 heavy (non-hydrogen) atoms. The molecule has 0 aliphatic carbocycles. The van der Waals surface area contributed by atoms with Gasteiger partial charge in [-0.2, -0.15) is 9.59 Å². The molecule has 0 amide bonds. The van der Waals surface area contributed by atoms with Crippen molar-refractivity contribution in [3.05, 3.63) is 6.65 Å². The summed E-state index contributed by atoms with van der Waals surface area (Å²) < 4.78 is 15.3. The van der Waals surface area contributed by atoms with Gasteiger partial charge in [0.15, 0.2) is 0 Å². The van der Waals surface area contributed by atoms with Crippen molar-refractivity contribution in [1.29, 1.82) is 0 Å². The van der Waals surface area contributed by atoms with Crippen molar-refractivity contribution in [1.82, 2.24) is 0 Å². The summed E-state index contributed by atoms with van der Waals surface area (Å²) in [5.74, 6) is 0. The van der Waals surface area contributed by atoms with Crippen molar-refractivity contribution < 1.29 is 34.0 Å². The summed E-state index contributed by atoms with van der Waals surface area (Å²) in [5.41, 5.74) is 0. The van der Waals surface area contributed by atoms with Gasteiger partial charge in [-0.3, -0.25) is 0 Å². The average Bonchev–Trinajstić information content (AvgIpc) is 1.78. The van der Waals surface area contributed by atoms with Crippen LogP contribution in [0, 0.1) is 6.65 Å². The standard InChI is InChI=1S/CO2.CO.2CH4.Cu.O/c2-1-3;1-2;;;;/h;;2*1H4;;. The van der Waals surface area contributed by atoms with Gasteiger partial charge in [-0.15, -0.1) is 0 Å². The van der Waals surface area contributed by atoms with Crippen LogP contribution in [0.3, 0.4) is 0 Å². The molecule has 0 spiro atoms. The maximum absolute atomic E-state index is 8.12. The molecule has 4 nitrogen and oxygen atoms in total. The Kier molecular flexibility index (Phi) is 7010. The van der Waals surface area contributed by atoms with Crippen LogP contribution in [0.4, 0.5) is 0 Å². The molecule has 59 valence electrons. The van der Waals surface area contributed by atoms with Crippen molar-refractivity contribution >= 4 is 6.15 Å². The molecular weight excluding hydrogens is 176 g/mol. The van der Waals surface area contributed by atoms with Crippen molar-refractivity contribution in [3.63, 3.8) is 0 Å². The Morgan fingerprint density at radius 3 is 1.11 bits per heavy atom. The summed E-state index contributed by atoms with van der Waals surface area (Å²) in [6.45, 7) is 4.50. The summed E-state index contributed by atoms with van der Waals surface area (Å²) in [6, 6.07) is 0. The van der Waals surface area contributed by atoms with E-state index in [0.717, 1.165) is 0 Å². The number of hydrogen-bond donors (Lipinski definition) is 0. The van der Waals surface area contributed by atoms with Crippen LogP contribution in [0.1, 0.15) is 14.9 Å². The zero-order valence-electron chi connectivity index (χ0n) is 2.93. The third kappa shape index (κ3) is 701. The van der Waals surface area contributed by atoms with E-state index in [1.54, 1.807) is 0 Å².